The molecule has 5 heteroatoms. The maximum Gasteiger partial charge on any atom is 0.338 e. The Labute approximate surface area is 212 Å². The molecule has 0 aliphatic rings. The molecule has 1 heterocycles. The van der Waals surface area contributed by atoms with Gasteiger partial charge in [-0.25, -0.2) is 9.78 Å². The van der Waals surface area contributed by atoms with Gasteiger partial charge in [-0.3, -0.25) is 0 Å². The van der Waals surface area contributed by atoms with Gasteiger partial charge in [0.05, 0.1) is 23.9 Å². The molecule has 0 N–H and O–H groups in total. The lowest BCUT2D eigenvalue weighted by Crippen LogP contribution is -2.06. The van der Waals surface area contributed by atoms with E-state index in [1.165, 1.54) is 12.7 Å². The van der Waals surface area contributed by atoms with Gasteiger partial charge in [-0.15, -0.1) is 0 Å². The summed E-state index contributed by atoms with van der Waals surface area (Å²) in [6, 6.07) is 26.0. The van der Waals surface area contributed by atoms with Crippen LogP contribution in [0.15, 0.2) is 78.9 Å². The molecule has 0 saturated heterocycles. The molecule has 0 fully saturated rings. The second-order valence-electron chi connectivity index (χ2n) is 7.73. The number of esters is 1. The topological polar surface area (TPSA) is 39.2 Å². The van der Waals surface area contributed by atoms with Gasteiger partial charge < -0.3 is 4.74 Å². The van der Waals surface area contributed by atoms with Crippen molar-refractivity contribution in [1.29, 1.82) is 0 Å². The largest absolute Gasteiger partial charge is 0.465 e. The van der Waals surface area contributed by atoms with Gasteiger partial charge in [0.1, 0.15) is 0 Å². The first-order valence-corrected chi connectivity index (χ1v) is 12.3. The highest BCUT2D eigenvalue weighted by molar-refractivity contribution is 14.1. The SMILES string of the molecule is COC(=O)c1ccccc1CC[C@H](I)c1cccc(/C=C/c2ccc3ccc(Cl)cc3n2)c1. The van der Waals surface area contributed by atoms with Crippen LogP contribution < -0.4 is 0 Å². The Bertz CT molecular complexity index is 1320. The third-order valence-electron chi connectivity index (χ3n) is 5.48. The first-order valence-electron chi connectivity index (χ1n) is 10.7. The molecule has 3 nitrogen and oxygen atoms in total. The van der Waals surface area contributed by atoms with Crippen molar-refractivity contribution < 1.29 is 9.53 Å². The highest BCUT2D eigenvalue weighted by Gasteiger charge is 2.13. The summed E-state index contributed by atoms with van der Waals surface area (Å²) in [7, 11) is 1.42. The molecule has 0 bridgehead atoms. The maximum absolute atomic E-state index is 12.0. The number of ether oxygens (including phenoxy) is 1. The zero-order valence-corrected chi connectivity index (χ0v) is 21.1. The Kier molecular flexibility index (Phi) is 7.78. The number of aromatic nitrogens is 1. The molecule has 3 aromatic carbocycles. The van der Waals surface area contributed by atoms with E-state index in [1.807, 2.05) is 54.6 Å². The van der Waals surface area contributed by atoms with E-state index in [0.717, 1.165) is 40.6 Å². The second-order valence-corrected chi connectivity index (χ2v) is 9.67. The van der Waals surface area contributed by atoms with Crippen molar-refractivity contribution in [3.8, 4) is 0 Å². The molecule has 0 aliphatic heterocycles. The molecule has 0 spiro atoms. The average Bonchev–Trinajstić information content (AvgIpc) is 2.85. The van der Waals surface area contributed by atoms with E-state index in [1.54, 1.807) is 0 Å². The van der Waals surface area contributed by atoms with Crippen molar-refractivity contribution in [3.63, 3.8) is 0 Å². The number of hydrogen-bond donors (Lipinski definition) is 0. The van der Waals surface area contributed by atoms with Crippen LogP contribution in [0.25, 0.3) is 23.1 Å². The van der Waals surface area contributed by atoms with E-state index in [4.69, 9.17) is 21.3 Å². The third-order valence-corrected chi connectivity index (χ3v) is 7.06. The summed E-state index contributed by atoms with van der Waals surface area (Å²) in [5.41, 5.74) is 5.82. The lowest BCUT2D eigenvalue weighted by molar-refractivity contribution is 0.0599. The number of nitrogens with zero attached hydrogens (tertiary/aromatic N) is 1. The van der Waals surface area contributed by atoms with Crippen LogP contribution in [-0.4, -0.2) is 18.1 Å². The Balaban J connectivity index is 1.46. The quantitative estimate of drug-likeness (QED) is 0.129. The van der Waals surface area contributed by atoms with E-state index in [9.17, 15) is 4.79 Å². The molecular formula is C28H23ClINO2. The minimum atomic E-state index is -0.285. The summed E-state index contributed by atoms with van der Waals surface area (Å²) in [5.74, 6) is -0.285. The number of carbonyl (C=O) groups is 1. The van der Waals surface area contributed by atoms with Gasteiger partial charge in [0.15, 0.2) is 0 Å². The second kappa shape index (κ2) is 10.9. The molecule has 0 unspecified atom stereocenters. The van der Waals surface area contributed by atoms with Gasteiger partial charge in [0.25, 0.3) is 0 Å². The minimum absolute atomic E-state index is 0.285. The molecule has 1 aromatic heterocycles. The molecule has 4 rings (SSSR count). The minimum Gasteiger partial charge on any atom is -0.465 e. The summed E-state index contributed by atoms with van der Waals surface area (Å²) in [5, 5.41) is 1.76. The number of alkyl halides is 1. The van der Waals surface area contributed by atoms with Crippen LogP contribution in [0, 0.1) is 0 Å². The zero-order valence-electron chi connectivity index (χ0n) is 18.2. The standard InChI is InChI=1S/C28H23ClINO2/c1-33-28(32)25-8-3-2-6-20(25)12-16-26(30)22-7-4-5-19(17-22)9-14-24-15-11-21-10-13-23(29)18-27(21)31-24/h2-11,13-15,17-18,26H,12,16H2,1H3/b14-9+/t26-/m0/s1. The fraction of sp³-hybridized carbons (Fsp3) is 0.143. The van der Waals surface area contributed by atoms with Gasteiger partial charge in [0, 0.05) is 14.3 Å². The van der Waals surface area contributed by atoms with Crippen LogP contribution in [0.2, 0.25) is 5.02 Å². The van der Waals surface area contributed by atoms with Crippen LogP contribution in [-0.2, 0) is 11.2 Å². The number of rotatable bonds is 7. The lowest BCUT2D eigenvalue weighted by atomic mass is 9.99. The van der Waals surface area contributed by atoms with Gasteiger partial charge >= 0.3 is 5.97 Å². The van der Waals surface area contributed by atoms with Crippen molar-refractivity contribution in [3.05, 3.63) is 112 Å². The van der Waals surface area contributed by atoms with E-state index >= 15 is 0 Å². The highest BCUT2D eigenvalue weighted by Crippen LogP contribution is 2.30. The Morgan fingerprint density at radius 2 is 1.85 bits per heavy atom. The van der Waals surface area contributed by atoms with Gasteiger partial charge in [-0.2, -0.15) is 0 Å². The number of pyridine rings is 1. The van der Waals surface area contributed by atoms with Crippen LogP contribution >= 0.6 is 34.2 Å². The molecule has 33 heavy (non-hydrogen) atoms. The molecular weight excluding hydrogens is 545 g/mol. The summed E-state index contributed by atoms with van der Waals surface area (Å²) in [6.07, 6.45) is 5.84. The fourth-order valence-electron chi connectivity index (χ4n) is 3.73. The highest BCUT2D eigenvalue weighted by atomic mass is 127. The van der Waals surface area contributed by atoms with Crippen molar-refractivity contribution in [2.24, 2.45) is 0 Å². The van der Waals surface area contributed by atoms with Crippen LogP contribution in [0.3, 0.4) is 0 Å². The predicted octanol–water partition coefficient (Wildman–Crippen LogP) is 7.95. The molecule has 166 valence electrons. The van der Waals surface area contributed by atoms with E-state index in [0.29, 0.717) is 14.5 Å². The number of aryl methyl sites for hydroxylation is 1. The summed E-state index contributed by atoms with van der Waals surface area (Å²) in [6.45, 7) is 0. The number of halogens is 2. The molecule has 0 amide bonds. The normalized spacial score (nSPS) is 12.2. The Morgan fingerprint density at radius 3 is 2.70 bits per heavy atom. The molecule has 0 radical (unpaired) electrons. The van der Waals surface area contributed by atoms with E-state index in [2.05, 4.69) is 59.0 Å². The van der Waals surface area contributed by atoms with Gasteiger partial charge in [-0.1, -0.05) is 94.9 Å². The van der Waals surface area contributed by atoms with Crippen molar-refractivity contribution in [2.75, 3.05) is 7.11 Å². The van der Waals surface area contributed by atoms with Gasteiger partial charge in [0.2, 0.25) is 0 Å². The van der Waals surface area contributed by atoms with Crippen LogP contribution in [0.4, 0.5) is 0 Å². The number of benzene rings is 3. The zero-order chi connectivity index (χ0) is 23.2. The first-order chi connectivity index (χ1) is 16.0. The number of carbonyl (C=O) groups excluding carboxylic acids is 1. The Hall–Kier alpha value is -2.70. The smallest absolute Gasteiger partial charge is 0.338 e. The van der Waals surface area contributed by atoms with Crippen molar-refractivity contribution >= 4 is 63.2 Å². The number of fused-ring (bicyclic) bond motifs is 1. The third kappa shape index (κ3) is 6.01. The molecule has 1 atom stereocenters. The number of hydrogen-bond acceptors (Lipinski definition) is 3. The first kappa shape index (κ1) is 23.5. The lowest BCUT2D eigenvalue weighted by Gasteiger charge is -2.13. The molecule has 0 saturated carbocycles. The Morgan fingerprint density at radius 1 is 1.03 bits per heavy atom. The molecule has 4 aromatic rings. The van der Waals surface area contributed by atoms with Gasteiger partial charge in [-0.05, 0) is 59.9 Å². The summed E-state index contributed by atoms with van der Waals surface area (Å²) < 4.78 is 5.24. The van der Waals surface area contributed by atoms with Crippen LogP contribution in [0.5, 0.6) is 0 Å². The summed E-state index contributed by atoms with van der Waals surface area (Å²) in [4.78, 5) is 16.7. The van der Waals surface area contributed by atoms with Crippen molar-refractivity contribution in [2.45, 2.75) is 16.8 Å². The van der Waals surface area contributed by atoms with Crippen molar-refractivity contribution in [1.82, 2.24) is 4.98 Å². The van der Waals surface area contributed by atoms with Crippen LogP contribution in [0.1, 0.15) is 43.1 Å². The monoisotopic (exact) mass is 567 g/mol. The summed E-state index contributed by atoms with van der Waals surface area (Å²) >= 11 is 8.58. The molecule has 0 aliphatic carbocycles. The average molecular weight is 568 g/mol. The van der Waals surface area contributed by atoms with E-state index < -0.39 is 0 Å². The fourth-order valence-corrected chi connectivity index (χ4v) is 4.60. The maximum atomic E-state index is 12.0. The van der Waals surface area contributed by atoms with E-state index in [-0.39, 0.29) is 5.97 Å². The predicted molar refractivity (Wildman–Crippen MR) is 145 cm³/mol. The number of methoxy groups -OCH3 is 1.